The van der Waals surface area contributed by atoms with Gasteiger partial charge in [0.25, 0.3) is 0 Å². The lowest BCUT2D eigenvalue weighted by atomic mass is 10.2. The van der Waals surface area contributed by atoms with Crippen LogP contribution < -0.4 is 0 Å². The van der Waals surface area contributed by atoms with Crippen LogP contribution >= 0.6 is 8.60 Å². The standard InChI is InChI=1S/C11H23O3P/c1-5-9-11(10-6-2)14-15(12-7-3)13-8-4/h9H,5-8,10H2,1-4H3. The van der Waals surface area contributed by atoms with E-state index in [-0.39, 0.29) is 0 Å². The highest BCUT2D eigenvalue weighted by molar-refractivity contribution is 7.41. The summed E-state index contributed by atoms with van der Waals surface area (Å²) in [5, 5.41) is 0. The number of hydrogen-bond donors (Lipinski definition) is 0. The van der Waals surface area contributed by atoms with E-state index in [1.807, 2.05) is 13.8 Å². The minimum absolute atomic E-state index is 0.622. The summed E-state index contributed by atoms with van der Waals surface area (Å²) in [6, 6.07) is 0. The molecule has 0 bridgehead atoms. The van der Waals surface area contributed by atoms with Gasteiger partial charge in [-0.05, 0) is 32.8 Å². The minimum atomic E-state index is -1.19. The van der Waals surface area contributed by atoms with Gasteiger partial charge in [0.1, 0.15) is 5.76 Å². The molecule has 0 amide bonds. The first-order valence-electron chi connectivity index (χ1n) is 5.71. The molecule has 0 atom stereocenters. The molecule has 0 aliphatic carbocycles. The highest BCUT2D eigenvalue weighted by atomic mass is 31.2. The van der Waals surface area contributed by atoms with Crippen molar-refractivity contribution in [1.29, 1.82) is 0 Å². The van der Waals surface area contributed by atoms with Crippen molar-refractivity contribution in [2.24, 2.45) is 0 Å². The smallest absolute Gasteiger partial charge is 0.396 e. The molecule has 0 saturated heterocycles. The van der Waals surface area contributed by atoms with Crippen molar-refractivity contribution >= 4 is 8.60 Å². The van der Waals surface area contributed by atoms with Crippen LogP contribution in [0.5, 0.6) is 0 Å². The second-order valence-corrected chi connectivity index (χ2v) is 4.13. The Bertz CT molecular complexity index is 165. The summed E-state index contributed by atoms with van der Waals surface area (Å²) in [5.74, 6) is 0.994. The Morgan fingerprint density at radius 1 is 1.07 bits per heavy atom. The fraction of sp³-hybridized carbons (Fsp3) is 0.818. The van der Waals surface area contributed by atoms with Gasteiger partial charge in [-0.15, -0.1) is 0 Å². The van der Waals surface area contributed by atoms with Crippen molar-refractivity contribution in [3.05, 3.63) is 11.8 Å². The molecule has 0 aliphatic rings. The number of rotatable bonds is 9. The normalized spacial score (nSPS) is 12.2. The van der Waals surface area contributed by atoms with E-state index >= 15 is 0 Å². The maximum absolute atomic E-state index is 5.69. The molecule has 0 aromatic heterocycles. The zero-order chi connectivity index (χ0) is 11.5. The average molecular weight is 234 g/mol. The summed E-state index contributed by atoms with van der Waals surface area (Å²) in [5.41, 5.74) is 0. The monoisotopic (exact) mass is 234 g/mol. The Labute approximate surface area is 94.8 Å². The van der Waals surface area contributed by atoms with Gasteiger partial charge < -0.3 is 13.6 Å². The van der Waals surface area contributed by atoms with E-state index in [4.69, 9.17) is 13.6 Å². The molecule has 4 heteroatoms. The van der Waals surface area contributed by atoms with E-state index in [0.717, 1.165) is 25.0 Å². The Hall–Kier alpha value is -0.110. The van der Waals surface area contributed by atoms with Gasteiger partial charge >= 0.3 is 8.60 Å². The average Bonchev–Trinajstić information content (AvgIpc) is 2.19. The molecule has 90 valence electrons. The SMILES string of the molecule is CCC=C(CCC)OP(OCC)OCC. The highest BCUT2D eigenvalue weighted by Gasteiger charge is 2.13. The van der Waals surface area contributed by atoms with Gasteiger partial charge in [0, 0.05) is 6.42 Å². The van der Waals surface area contributed by atoms with E-state index in [1.165, 1.54) is 0 Å². The zero-order valence-corrected chi connectivity index (χ0v) is 11.2. The first-order valence-corrected chi connectivity index (χ1v) is 6.80. The molecule has 0 heterocycles. The molecule has 0 aromatic rings. The lowest BCUT2D eigenvalue weighted by molar-refractivity contribution is 0.194. The zero-order valence-electron chi connectivity index (χ0n) is 10.3. The second kappa shape index (κ2) is 10.4. The van der Waals surface area contributed by atoms with Crippen LogP contribution in [0.25, 0.3) is 0 Å². The first kappa shape index (κ1) is 14.9. The van der Waals surface area contributed by atoms with Gasteiger partial charge in [-0.2, -0.15) is 0 Å². The van der Waals surface area contributed by atoms with Gasteiger partial charge in [0.2, 0.25) is 0 Å². The summed E-state index contributed by atoms with van der Waals surface area (Å²) in [7, 11) is -1.19. The highest BCUT2D eigenvalue weighted by Crippen LogP contribution is 2.42. The fourth-order valence-electron chi connectivity index (χ4n) is 1.06. The second-order valence-electron chi connectivity index (χ2n) is 2.98. The molecule has 15 heavy (non-hydrogen) atoms. The third kappa shape index (κ3) is 7.78. The summed E-state index contributed by atoms with van der Waals surface area (Å²) >= 11 is 0. The molecule has 0 aliphatic heterocycles. The summed E-state index contributed by atoms with van der Waals surface area (Å²) in [6.45, 7) is 9.37. The van der Waals surface area contributed by atoms with Gasteiger partial charge in [0.05, 0.1) is 13.2 Å². The molecule has 0 saturated carbocycles. The Morgan fingerprint density at radius 3 is 2.07 bits per heavy atom. The summed E-state index contributed by atoms with van der Waals surface area (Å²) < 4.78 is 16.5. The third-order valence-corrected chi connectivity index (χ3v) is 2.91. The molecule has 0 aromatic carbocycles. The van der Waals surface area contributed by atoms with Gasteiger partial charge in [0.15, 0.2) is 0 Å². The molecule has 3 nitrogen and oxygen atoms in total. The topological polar surface area (TPSA) is 27.7 Å². The Kier molecular flexibility index (Phi) is 10.3. The quantitative estimate of drug-likeness (QED) is 0.437. The van der Waals surface area contributed by atoms with Crippen LogP contribution in [0, 0.1) is 0 Å². The van der Waals surface area contributed by atoms with E-state index in [2.05, 4.69) is 19.9 Å². The van der Waals surface area contributed by atoms with Crippen molar-refractivity contribution in [3.63, 3.8) is 0 Å². The van der Waals surface area contributed by atoms with Crippen molar-refractivity contribution in [1.82, 2.24) is 0 Å². The fourth-order valence-corrected chi connectivity index (χ4v) is 2.01. The van der Waals surface area contributed by atoms with Gasteiger partial charge in [-0.3, -0.25) is 0 Å². The van der Waals surface area contributed by atoms with Crippen LogP contribution in [-0.4, -0.2) is 13.2 Å². The minimum Gasteiger partial charge on any atom is -0.432 e. The molecule has 0 radical (unpaired) electrons. The predicted octanol–water partition coefficient (Wildman–Crippen LogP) is 4.40. The lowest BCUT2D eigenvalue weighted by Crippen LogP contribution is -1.96. The Balaban J connectivity index is 4.12. The molecule has 0 rings (SSSR count). The molecular weight excluding hydrogens is 211 g/mol. The first-order chi connectivity index (χ1) is 7.28. The van der Waals surface area contributed by atoms with Gasteiger partial charge in [-0.1, -0.05) is 13.8 Å². The molecule has 0 fully saturated rings. The molecular formula is C11H23O3P. The predicted molar refractivity (Wildman–Crippen MR) is 64.5 cm³/mol. The van der Waals surface area contributed by atoms with Crippen LogP contribution in [-0.2, 0) is 13.6 Å². The molecule has 0 N–H and O–H groups in total. The van der Waals surface area contributed by atoms with Crippen molar-refractivity contribution < 1.29 is 13.6 Å². The van der Waals surface area contributed by atoms with E-state index in [0.29, 0.717) is 13.2 Å². The maximum Gasteiger partial charge on any atom is 0.396 e. The van der Waals surface area contributed by atoms with Crippen LogP contribution in [0.2, 0.25) is 0 Å². The Morgan fingerprint density at radius 2 is 1.67 bits per heavy atom. The number of hydrogen-bond acceptors (Lipinski definition) is 3. The van der Waals surface area contributed by atoms with E-state index < -0.39 is 8.60 Å². The summed E-state index contributed by atoms with van der Waals surface area (Å²) in [4.78, 5) is 0. The molecule has 0 spiro atoms. The van der Waals surface area contributed by atoms with Crippen molar-refractivity contribution in [2.75, 3.05) is 13.2 Å². The lowest BCUT2D eigenvalue weighted by Gasteiger charge is -2.17. The largest absolute Gasteiger partial charge is 0.432 e. The third-order valence-electron chi connectivity index (χ3n) is 1.59. The number of allylic oxidation sites excluding steroid dienone is 2. The van der Waals surface area contributed by atoms with Crippen LogP contribution in [0.3, 0.4) is 0 Å². The molecule has 0 unspecified atom stereocenters. The summed E-state index contributed by atoms with van der Waals surface area (Å²) in [6.07, 6.45) is 5.10. The van der Waals surface area contributed by atoms with E-state index in [9.17, 15) is 0 Å². The van der Waals surface area contributed by atoms with Crippen molar-refractivity contribution in [2.45, 2.75) is 47.0 Å². The van der Waals surface area contributed by atoms with E-state index in [1.54, 1.807) is 0 Å². The van der Waals surface area contributed by atoms with Crippen molar-refractivity contribution in [3.8, 4) is 0 Å². The van der Waals surface area contributed by atoms with Crippen LogP contribution in [0.4, 0.5) is 0 Å². The van der Waals surface area contributed by atoms with Gasteiger partial charge in [-0.25, -0.2) is 0 Å². The van der Waals surface area contributed by atoms with Crippen LogP contribution in [0.1, 0.15) is 47.0 Å². The van der Waals surface area contributed by atoms with Crippen LogP contribution in [0.15, 0.2) is 11.8 Å². The maximum atomic E-state index is 5.69.